The molecule has 0 bridgehead atoms. The van der Waals surface area contributed by atoms with Crippen LogP contribution in [0.1, 0.15) is 36.2 Å². The molecule has 0 aliphatic carbocycles. The summed E-state index contributed by atoms with van der Waals surface area (Å²) in [6.07, 6.45) is 2.87. The molecule has 2 N–H and O–H groups in total. The van der Waals surface area contributed by atoms with Crippen molar-refractivity contribution in [2.24, 2.45) is 7.05 Å². The summed E-state index contributed by atoms with van der Waals surface area (Å²) >= 11 is 0. The lowest BCUT2D eigenvalue weighted by Crippen LogP contribution is -2.31. The fourth-order valence-electron chi connectivity index (χ4n) is 2.49. The molecule has 2 rings (SSSR count). The Labute approximate surface area is 120 Å². The first kappa shape index (κ1) is 16.0. The molecule has 6 heteroatoms. The molecule has 108 valence electrons. The zero-order chi connectivity index (χ0) is 13.1. The predicted molar refractivity (Wildman–Crippen MR) is 77.4 cm³/mol. The van der Waals surface area contributed by atoms with Crippen molar-refractivity contribution >= 4 is 18.3 Å². The lowest BCUT2D eigenvalue weighted by molar-refractivity contribution is -0.121. The Balaban J connectivity index is 0.00000180. The van der Waals surface area contributed by atoms with Crippen molar-refractivity contribution in [3.05, 3.63) is 17.0 Å². The highest BCUT2D eigenvalue weighted by atomic mass is 35.5. The van der Waals surface area contributed by atoms with Gasteiger partial charge in [-0.25, -0.2) is 0 Å². The maximum absolute atomic E-state index is 11.8. The second-order valence-electron chi connectivity index (χ2n) is 5.05. The quantitative estimate of drug-likeness (QED) is 0.875. The van der Waals surface area contributed by atoms with Crippen LogP contribution in [0.15, 0.2) is 0 Å². The van der Waals surface area contributed by atoms with E-state index in [0.717, 1.165) is 29.9 Å². The topological polar surface area (TPSA) is 59.0 Å². The third kappa shape index (κ3) is 3.94. The van der Waals surface area contributed by atoms with Gasteiger partial charge in [-0.15, -0.1) is 12.4 Å². The lowest BCUT2D eigenvalue weighted by Gasteiger charge is -2.10. The maximum atomic E-state index is 11.8. The van der Waals surface area contributed by atoms with Crippen LogP contribution in [0.2, 0.25) is 0 Å². The Morgan fingerprint density at radius 1 is 1.53 bits per heavy atom. The largest absolute Gasteiger partial charge is 0.352 e. The SMILES string of the molecule is Cc1nn(C)c(C)c1CNC(=O)CC1CCCN1.Cl. The number of halogens is 1. The van der Waals surface area contributed by atoms with E-state index >= 15 is 0 Å². The van der Waals surface area contributed by atoms with Crippen molar-refractivity contribution in [1.82, 2.24) is 20.4 Å². The molecular weight excluding hydrogens is 264 g/mol. The molecule has 1 amide bonds. The standard InChI is InChI=1S/C13H22N4O.ClH/c1-9-12(10(2)17(3)16-9)8-15-13(18)7-11-5-4-6-14-11;/h11,14H,4-8H2,1-3H3,(H,15,18);1H. The monoisotopic (exact) mass is 286 g/mol. The van der Waals surface area contributed by atoms with Crippen LogP contribution in [0, 0.1) is 13.8 Å². The van der Waals surface area contributed by atoms with Gasteiger partial charge < -0.3 is 10.6 Å². The minimum atomic E-state index is 0. The molecule has 1 atom stereocenters. The van der Waals surface area contributed by atoms with Crippen molar-refractivity contribution in [2.75, 3.05) is 6.54 Å². The van der Waals surface area contributed by atoms with E-state index < -0.39 is 0 Å². The van der Waals surface area contributed by atoms with Gasteiger partial charge in [0.25, 0.3) is 0 Å². The Kier molecular flexibility index (Phi) is 5.82. The van der Waals surface area contributed by atoms with Crippen LogP contribution < -0.4 is 10.6 Å². The lowest BCUT2D eigenvalue weighted by atomic mass is 10.1. The zero-order valence-electron chi connectivity index (χ0n) is 11.8. The van der Waals surface area contributed by atoms with Gasteiger partial charge >= 0.3 is 0 Å². The Bertz CT molecular complexity index is 438. The normalized spacial score (nSPS) is 18.2. The third-order valence-electron chi connectivity index (χ3n) is 3.72. The van der Waals surface area contributed by atoms with Gasteiger partial charge in [-0.05, 0) is 33.2 Å². The van der Waals surface area contributed by atoms with E-state index in [1.54, 1.807) is 0 Å². The summed E-state index contributed by atoms with van der Waals surface area (Å²) in [6, 6.07) is 0.362. The highest BCUT2D eigenvalue weighted by Gasteiger charge is 2.18. The molecule has 1 aliphatic rings. The smallest absolute Gasteiger partial charge is 0.221 e. The summed E-state index contributed by atoms with van der Waals surface area (Å²) in [7, 11) is 1.93. The van der Waals surface area contributed by atoms with Gasteiger partial charge in [-0.1, -0.05) is 0 Å². The first-order chi connectivity index (χ1) is 8.58. The van der Waals surface area contributed by atoms with E-state index in [4.69, 9.17) is 0 Å². The van der Waals surface area contributed by atoms with Crippen LogP contribution in [0.5, 0.6) is 0 Å². The van der Waals surface area contributed by atoms with E-state index in [1.807, 2.05) is 25.6 Å². The van der Waals surface area contributed by atoms with Gasteiger partial charge in [0.2, 0.25) is 5.91 Å². The van der Waals surface area contributed by atoms with Gasteiger partial charge in [0.1, 0.15) is 0 Å². The molecule has 1 aromatic rings. The van der Waals surface area contributed by atoms with Gasteiger partial charge in [-0.2, -0.15) is 5.10 Å². The summed E-state index contributed by atoms with van der Waals surface area (Å²) in [4.78, 5) is 11.8. The summed E-state index contributed by atoms with van der Waals surface area (Å²) in [5, 5.41) is 10.7. The number of hydrogen-bond acceptors (Lipinski definition) is 3. The molecule has 19 heavy (non-hydrogen) atoms. The van der Waals surface area contributed by atoms with Gasteiger partial charge in [0.15, 0.2) is 0 Å². The van der Waals surface area contributed by atoms with Gasteiger partial charge in [0, 0.05) is 37.3 Å². The first-order valence-electron chi connectivity index (χ1n) is 6.57. The number of amides is 1. The van der Waals surface area contributed by atoms with E-state index in [0.29, 0.717) is 19.0 Å². The average Bonchev–Trinajstić information content (AvgIpc) is 2.88. The summed E-state index contributed by atoms with van der Waals surface area (Å²) in [6.45, 7) is 5.63. The van der Waals surface area contributed by atoms with Crippen molar-refractivity contribution in [3.8, 4) is 0 Å². The highest BCUT2D eigenvalue weighted by molar-refractivity contribution is 5.85. The molecule has 5 nitrogen and oxygen atoms in total. The zero-order valence-corrected chi connectivity index (χ0v) is 12.6. The van der Waals surface area contributed by atoms with Crippen molar-refractivity contribution < 1.29 is 4.79 Å². The molecule has 2 heterocycles. The van der Waals surface area contributed by atoms with Gasteiger partial charge in [0.05, 0.1) is 5.69 Å². The highest BCUT2D eigenvalue weighted by Crippen LogP contribution is 2.12. The van der Waals surface area contributed by atoms with Crippen molar-refractivity contribution in [3.63, 3.8) is 0 Å². The minimum Gasteiger partial charge on any atom is -0.352 e. The molecule has 0 saturated carbocycles. The third-order valence-corrected chi connectivity index (χ3v) is 3.72. The van der Waals surface area contributed by atoms with Crippen LogP contribution in [0.4, 0.5) is 0 Å². The summed E-state index contributed by atoms with van der Waals surface area (Å²) in [5.41, 5.74) is 3.24. The fraction of sp³-hybridized carbons (Fsp3) is 0.692. The fourth-order valence-corrected chi connectivity index (χ4v) is 2.49. The average molecular weight is 287 g/mol. The Morgan fingerprint density at radius 3 is 2.79 bits per heavy atom. The second kappa shape index (κ2) is 6.91. The molecule has 0 spiro atoms. The second-order valence-corrected chi connectivity index (χ2v) is 5.05. The first-order valence-corrected chi connectivity index (χ1v) is 6.57. The molecular formula is C13H23ClN4O. The number of hydrogen-bond donors (Lipinski definition) is 2. The number of nitrogens with zero attached hydrogens (tertiary/aromatic N) is 2. The van der Waals surface area contributed by atoms with E-state index in [1.165, 1.54) is 6.42 Å². The van der Waals surface area contributed by atoms with Crippen molar-refractivity contribution in [2.45, 2.75) is 45.7 Å². The van der Waals surface area contributed by atoms with Gasteiger partial charge in [-0.3, -0.25) is 9.48 Å². The summed E-state index contributed by atoms with van der Waals surface area (Å²) < 4.78 is 1.86. The van der Waals surface area contributed by atoms with E-state index in [2.05, 4.69) is 15.7 Å². The van der Waals surface area contributed by atoms with Crippen LogP contribution in [0.25, 0.3) is 0 Å². The molecule has 1 unspecified atom stereocenters. The predicted octanol–water partition coefficient (Wildman–Crippen LogP) is 1.22. The number of rotatable bonds is 4. The number of carbonyl (C=O) groups is 1. The number of aryl methyl sites for hydroxylation is 2. The number of aromatic nitrogens is 2. The van der Waals surface area contributed by atoms with Crippen LogP contribution >= 0.6 is 12.4 Å². The van der Waals surface area contributed by atoms with Crippen LogP contribution in [-0.2, 0) is 18.4 Å². The molecule has 1 aliphatic heterocycles. The maximum Gasteiger partial charge on any atom is 0.221 e. The van der Waals surface area contributed by atoms with Crippen LogP contribution in [-0.4, -0.2) is 28.3 Å². The Morgan fingerprint density at radius 2 is 2.26 bits per heavy atom. The Hall–Kier alpha value is -1.07. The van der Waals surface area contributed by atoms with E-state index in [9.17, 15) is 4.79 Å². The van der Waals surface area contributed by atoms with Crippen molar-refractivity contribution in [1.29, 1.82) is 0 Å². The number of carbonyl (C=O) groups excluding carboxylic acids is 1. The molecule has 0 aromatic carbocycles. The molecule has 0 radical (unpaired) electrons. The molecule has 1 aromatic heterocycles. The minimum absolute atomic E-state index is 0. The summed E-state index contributed by atoms with van der Waals surface area (Å²) in [5.74, 6) is 0.122. The van der Waals surface area contributed by atoms with Crippen LogP contribution in [0.3, 0.4) is 0 Å². The number of nitrogens with one attached hydrogen (secondary N) is 2. The molecule has 1 fully saturated rings. The molecule has 1 saturated heterocycles. The van der Waals surface area contributed by atoms with E-state index in [-0.39, 0.29) is 18.3 Å².